The first-order valence-electron chi connectivity index (χ1n) is 7.62. The normalized spacial score (nSPS) is 22.1. The Balaban J connectivity index is 1.76. The minimum absolute atomic E-state index is 0.180. The molecule has 1 aliphatic heterocycles. The molecule has 1 atom stereocenters. The van der Waals surface area contributed by atoms with Gasteiger partial charge in [-0.05, 0) is 56.5 Å². The van der Waals surface area contributed by atoms with Crippen molar-refractivity contribution in [2.75, 3.05) is 19.6 Å². The third-order valence-electron chi connectivity index (χ3n) is 4.00. The van der Waals surface area contributed by atoms with E-state index in [0.29, 0.717) is 24.8 Å². The second-order valence-electron chi connectivity index (χ2n) is 5.85. The van der Waals surface area contributed by atoms with Gasteiger partial charge in [-0.2, -0.15) is 0 Å². The van der Waals surface area contributed by atoms with Crippen molar-refractivity contribution in [1.82, 2.24) is 10.6 Å². The zero-order chi connectivity index (χ0) is 16.0. The van der Waals surface area contributed by atoms with Crippen molar-refractivity contribution in [1.29, 1.82) is 0 Å². The molecule has 4 nitrogen and oxygen atoms in total. The number of hydrogen-bond donors (Lipinski definition) is 3. The highest BCUT2D eigenvalue weighted by Gasteiger charge is 2.28. The van der Waals surface area contributed by atoms with Gasteiger partial charge in [0, 0.05) is 13.0 Å². The Labute approximate surface area is 128 Å². The lowest BCUT2D eigenvalue weighted by Crippen LogP contribution is -2.43. The topological polar surface area (TPSA) is 61.4 Å². The molecule has 1 aliphatic rings. The first-order valence-corrected chi connectivity index (χ1v) is 7.62. The average Bonchev–Trinajstić information content (AvgIpc) is 2.72. The molecule has 0 bridgehead atoms. The highest BCUT2D eigenvalue weighted by atomic mass is 19.2. The van der Waals surface area contributed by atoms with Gasteiger partial charge in [0.2, 0.25) is 5.91 Å². The van der Waals surface area contributed by atoms with Gasteiger partial charge in [-0.25, -0.2) is 8.78 Å². The van der Waals surface area contributed by atoms with Crippen LogP contribution < -0.4 is 10.6 Å². The van der Waals surface area contributed by atoms with Crippen LogP contribution in [-0.2, 0) is 11.2 Å². The number of nitrogens with one attached hydrogen (secondary N) is 2. The van der Waals surface area contributed by atoms with E-state index in [9.17, 15) is 18.7 Å². The number of carbonyl (C=O) groups excluding carboxylic acids is 1. The monoisotopic (exact) mass is 312 g/mol. The van der Waals surface area contributed by atoms with E-state index in [2.05, 4.69) is 10.6 Å². The first kappa shape index (κ1) is 16.8. The van der Waals surface area contributed by atoms with Crippen LogP contribution in [0.2, 0.25) is 0 Å². The Bertz CT molecular complexity index is 515. The summed E-state index contributed by atoms with van der Waals surface area (Å²) < 4.78 is 25.9. The molecule has 122 valence electrons. The molecule has 0 spiro atoms. The van der Waals surface area contributed by atoms with Crippen molar-refractivity contribution in [2.45, 2.75) is 37.7 Å². The van der Waals surface area contributed by atoms with Crippen LogP contribution in [0, 0.1) is 11.6 Å². The maximum Gasteiger partial charge on any atom is 0.220 e. The number of carbonyl (C=O) groups is 1. The van der Waals surface area contributed by atoms with Gasteiger partial charge in [-0.15, -0.1) is 0 Å². The number of benzene rings is 1. The Morgan fingerprint density at radius 1 is 1.27 bits per heavy atom. The van der Waals surface area contributed by atoms with Crippen LogP contribution in [-0.4, -0.2) is 36.2 Å². The minimum Gasteiger partial charge on any atom is -0.388 e. The van der Waals surface area contributed by atoms with Gasteiger partial charge in [-0.3, -0.25) is 4.79 Å². The van der Waals surface area contributed by atoms with E-state index in [-0.39, 0.29) is 18.9 Å². The van der Waals surface area contributed by atoms with Crippen LogP contribution in [0.15, 0.2) is 18.2 Å². The minimum atomic E-state index is -0.904. The molecule has 0 saturated carbocycles. The van der Waals surface area contributed by atoms with Crippen LogP contribution in [0.1, 0.15) is 31.2 Å². The molecule has 1 heterocycles. The van der Waals surface area contributed by atoms with Crippen LogP contribution in [0.5, 0.6) is 0 Å². The largest absolute Gasteiger partial charge is 0.388 e. The Morgan fingerprint density at radius 2 is 2.09 bits per heavy atom. The molecule has 0 aromatic heterocycles. The van der Waals surface area contributed by atoms with Crippen molar-refractivity contribution < 1.29 is 18.7 Å². The fourth-order valence-electron chi connectivity index (χ4n) is 2.59. The smallest absolute Gasteiger partial charge is 0.220 e. The van der Waals surface area contributed by atoms with Gasteiger partial charge in [0.1, 0.15) is 0 Å². The van der Waals surface area contributed by atoms with Crippen molar-refractivity contribution in [3.8, 4) is 0 Å². The van der Waals surface area contributed by atoms with E-state index in [1.54, 1.807) is 0 Å². The van der Waals surface area contributed by atoms with Crippen LogP contribution in [0.25, 0.3) is 0 Å². The summed E-state index contributed by atoms with van der Waals surface area (Å²) in [6, 6.07) is 3.63. The number of amides is 1. The summed E-state index contributed by atoms with van der Waals surface area (Å²) in [5, 5.41) is 16.3. The lowest BCUT2D eigenvalue weighted by atomic mass is 9.95. The molecule has 1 aromatic rings. The summed E-state index contributed by atoms with van der Waals surface area (Å²) in [7, 11) is 0. The van der Waals surface area contributed by atoms with Gasteiger partial charge in [-0.1, -0.05) is 6.07 Å². The van der Waals surface area contributed by atoms with E-state index in [1.807, 2.05) is 0 Å². The molecule has 1 fully saturated rings. The molecule has 6 heteroatoms. The molecule has 1 amide bonds. The third-order valence-corrected chi connectivity index (χ3v) is 4.00. The zero-order valence-corrected chi connectivity index (χ0v) is 12.5. The lowest BCUT2D eigenvalue weighted by Gasteiger charge is -2.26. The van der Waals surface area contributed by atoms with Crippen LogP contribution in [0.3, 0.4) is 0 Å². The Morgan fingerprint density at radius 3 is 2.86 bits per heavy atom. The number of halogens is 2. The average molecular weight is 312 g/mol. The van der Waals surface area contributed by atoms with E-state index in [1.165, 1.54) is 6.07 Å². The SMILES string of the molecule is O=C(CCc1ccc(F)c(F)c1)NC[C@]1(O)CCCNCC1. The quantitative estimate of drug-likeness (QED) is 0.772. The zero-order valence-electron chi connectivity index (χ0n) is 12.5. The van der Waals surface area contributed by atoms with Gasteiger partial charge in [0.25, 0.3) is 0 Å². The second kappa shape index (κ2) is 7.65. The predicted octanol–water partition coefficient (Wildman–Crippen LogP) is 1.52. The fraction of sp³-hybridized carbons (Fsp3) is 0.562. The first-order chi connectivity index (χ1) is 10.5. The summed E-state index contributed by atoms with van der Waals surface area (Å²) in [6.07, 6.45) is 2.66. The molecule has 0 unspecified atom stereocenters. The van der Waals surface area contributed by atoms with E-state index in [4.69, 9.17) is 0 Å². The van der Waals surface area contributed by atoms with Gasteiger partial charge in [0.05, 0.1) is 5.60 Å². The van der Waals surface area contributed by atoms with E-state index in [0.717, 1.165) is 31.6 Å². The van der Waals surface area contributed by atoms with E-state index < -0.39 is 17.2 Å². The molecule has 3 N–H and O–H groups in total. The highest BCUT2D eigenvalue weighted by Crippen LogP contribution is 2.18. The molecule has 22 heavy (non-hydrogen) atoms. The summed E-state index contributed by atoms with van der Waals surface area (Å²) >= 11 is 0. The molecule has 0 aliphatic carbocycles. The number of hydrogen-bond acceptors (Lipinski definition) is 3. The van der Waals surface area contributed by atoms with Gasteiger partial charge in [0.15, 0.2) is 11.6 Å². The number of rotatable bonds is 5. The van der Waals surface area contributed by atoms with Crippen LogP contribution >= 0.6 is 0 Å². The molecule has 0 radical (unpaired) electrons. The molecule has 1 saturated heterocycles. The maximum absolute atomic E-state index is 13.1. The molecular weight excluding hydrogens is 290 g/mol. The summed E-state index contributed by atoms with van der Waals surface area (Å²) in [5.41, 5.74) is -0.285. The Hall–Kier alpha value is -1.53. The van der Waals surface area contributed by atoms with Crippen LogP contribution in [0.4, 0.5) is 8.78 Å². The van der Waals surface area contributed by atoms with E-state index >= 15 is 0 Å². The van der Waals surface area contributed by atoms with Gasteiger partial charge >= 0.3 is 0 Å². The van der Waals surface area contributed by atoms with Crippen molar-refractivity contribution in [3.63, 3.8) is 0 Å². The van der Waals surface area contributed by atoms with Gasteiger partial charge < -0.3 is 15.7 Å². The standard InChI is InChI=1S/C16H22F2N2O2/c17-13-4-2-12(10-14(13)18)3-5-15(21)20-11-16(22)6-1-8-19-9-7-16/h2,4,10,19,22H,1,3,5-9,11H2,(H,20,21)/t16-/m0/s1. The van der Waals surface area contributed by atoms with Crippen molar-refractivity contribution in [3.05, 3.63) is 35.4 Å². The lowest BCUT2D eigenvalue weighted by molar-refractivity contribution is -0.122. The molecular formula is C16H22F2N2O2. The number of aliphatic hydroxyl groups is 1. The number of aryl methyl sites for hydroxylation is 1. The summed E-state index contributed by atoms with van der Waals surface area (Å²) in [6.45, 7) is 1.85. The maximum atomic E-state index is 13.1. The highest BCUT2D eigenvalue weighted by molar-refractivity contribution is 5.76. The van der Waals surface area contributed by atoms with Crippen molar-refractivity contribution >= 4 is 5.91 Å². The molecule has 2 rings (SSSR count). The second-order valence-corrected chi connectivity index (χ2v) is 5.85. The third kappa shape index (κ3) is 5.03. The fourth-order valence-corrected chi connectivity index (χ4v) is 2.59. The summed E-state index contributed by atoms with van der Waals surface area (Å²) in [5.74, 6) is -1.99. The predicted molar refractivity (Wildman–Crippen MR) is 79.4 cm³/mol. The molecule has 1 aromatic carbocycles. The summed E-state index contributed by atoms with van der Waals surface area (Å²) in [4.78, 5) is 11.8. The Kier molecular flexibility index (Phi) is 5.85. The van der Waals surface area contributed by atoms with Crippen molar-refractivity contribution in [2.24, 2.45) is 0 Å².